The lowest BCUT2D eigenvalue weighted by Crippen LogP contribution is -2.50. The zero-order valence-electron chi connectivity index (χ0n) is 15.9. The summed E-state index contributed by atoms with van der Waals surface area (Å²) in [5, 5.41) is 2.93. The highest BCUT2D eigenvalue weighted by atomic mass is 16.2. The molecule has 6 heteroatoms. The van der Waals surface area contributed by atoms with Crippen LogP contribution in [-0.4, -0.2) is 46.8 Å². The normalized spacial score (nSPS) is 27.7. The number of carbonyl (C=O) groups excluding carboxylic acids is 3. The van der Waals surface area contributed by atoms with E-state index in [0.29, 0.717) is 6.42 Å². The third-order valence-electron chi connectivity index (χ3n) is 6.36. The lowest BCUT2D eigenvalue weighted by atomic mass is 9.76. The smallest absolute Gasteiger partial charge is 0.325 e. The Kier molecular flexibility index (Phi) is 4.66. The third kappa shape index (κ3) is 2.91. The first-order valence-corrected chi connectivity index (χ1v) is 10.1. The average molecular weight is 369 g/mol. The number of piperidine rings is 1. The van der Waals surface area contributed by atoms with Gasteiger partial charge in [0.05, 0.1) is 0 Å². The van der Waals surface area contributed by atoms with Crippen LogP contribution in [0.3, 0.4) is 0 Å². The second-order valence-corrected chi connectivity index (χ2v) is 7.88. The quantitative estimate of drug-likeness (QED) is 0.833. The fraction of sp³-hybridized carbons (Fsp3) is 0.571. The van der Waals surface area contributed by atoms with Gasteiger partial charge < -0.3 is 10.2 Å². The minimum atomic E-state index is -1.00. The maximum atomic E-state index is 13.3. The lowest BCUT2D eigenvalue weighted by molar-refractivity contribution is -0.141. The standard InChI is InChI=1S/C21H27N3O3/c1-2-16-10-5-6-13-23(16)18(25)14-24-19(26)21(22-20(24)27)12-7-9-15-8-3-4-11-17(15)21/h3-4,8,11,16H,2,5-7,9-10,12-14H2,1H3,(H,22,27)/t16-,21+/m0/s1. The van der Waals surface area contributed by atoms with Crippen LogP contribution >= 0.6 is 0 Å². The van der Waals surface area contributed by atoms with E-state index in [1.54, 1.807) is 0 Å². The van der Waals surface area contributed by atoms with Gasteiger partial charge in [-0.25, -0.2) is 4.79 Å². The van der Waals surface area contributed by atoms with Gasteiger partial charge in [-0.05, 0) is 56.1 Å². The SMILES string of the molecule is CC[C@H]1CCCCN1C(=O)CN1C(=O)N[C@@]2(CCCc3ccccc32)C1=O. The van der Waals surface area contributed by atoms with Gasteiger partial charge in [0.1, 0.15) is 12.1 Å². The van der Waals surface area contributed by atoms with E-state index in [-0.39, 0.29) is 24.4 Å². The van der Waals surface area contributed by atoms with E-state index in [1.165, 1.54) is 0 Å². The molecule has 0 aromatic heterocycles. The highest BCUT2D eigenvalue weighted by Crippen LogP contribution is 2.39. The summed E-state index contributed by atoms with van der Waals surface area (Å²) in [5.74, 6) is -0.399. The number of benzene rings is 1. The Morgan fingerprint density at radius 2 is 2.04 bits per heavy atom. The summed E-state index contributed by atoms with van der Waals surface area (Å²) in [6.45, 7) is 2.64. The second kappa shape index (κ2) is 6.98. The first-order chi connectivity index (χ1) is 13.1. The molecule has 0 radical (unpaired) electrons. The topological polar surface area (TPSA) is 69.7 Å². The molecule has 27 heavy (non-hydrogen) atoms. The molecule has 0 unspecified atom stereocenters. The van der Waals surface area contributed by atoms with Gasteiger partial charge in [0.25, 0.3) is 5.91 Å². The summed E-state index contributed by atoms with van der Waals surface area (Å²) in [7, 11) is 0. The predicted octanol–water partition coefficient (Wildman–Crippen LogP) is 2.56. The summed E-state index contributed by atoms with van der Waals surface area (Å²) >= 11 is 0. The molecule has 6 nitrogen and oxygen atoms in total. The first kappa shape index (κ1) is 18.0. The molecule has 1 aromatic carbocycles. The molecule has 0 saturated carbocycles. The van der Waals surface area contributed by atoms with Crippen molar-refractivity contribution in [1.82, 2.24) is 15.1 Å². The molecule has 1 spiro atoms. The number of aryl methyl sites for hydroxylation is 1. The predicted molar refractivity (Wildman–Crippen MR) is 101 cm³/mol. The van der Waals surface area contributed by atoms with E-state index < -0.39 is 11.6 Å². The molecule has 4 rings (SSSR count). The number of likely N-dealkylation sites (tertiary alicyclic amines) is 1. The third-order valence-corrected chi connectivity index (χ3v) is 6.36. The van der Waals surface area contributed by atoms with Crippen molar-refractivity contribution >= 4 is 17.8 Å². The molecule has 0 bridgehead atoms. The van der Waals surface area contributed by atoms with Gasteiger partial charge in [0, 0.05) is 12.6 Å². The van der Waals surface area contributed by atoms with Crippen molar-refractivity contribution in [3.63, 3.8) is 0 Å². The number of nitrogens with zero attached hydrogens (tertiary/aromatic N) is 2. The number of fused-ring (bicyclic) bond motifs is 2. The second-order valence-electron chi connectivity index (χ2n) is 7.88. The van der Waals surface area contributed by atoms with Gasteiger partial charge in [0.15, 0.2) is 0 Å². The Bertz CT molecular complexity index is 778. The van der Waals surface area contributed by atoms with Crippen molar-refractivity contribution in [1.29, 1.82) is 0 Å². The molecule has 2 atom stereocenters. The van der Waals surface area contributed by atoms with E-state index in [4.69, 9.17) is 0 Å². The van der Waals surface area contributed by atoms with E-state index in [0.717, 1.165) is 61.1 Å². The number of hydrogen-bond donors (Lipinski definition) is 1. The fourth-order valence-corrected chi connectivity index (χ4v) is 4.93. The van der Waals surface area contributed by atoms with Crippen molar-refractivity contribution < 1.29 is 14.4 Å². The van der Waals surface area contributed by atoms with Gasteiger partial charge in [-0.15, -0.1) is 0 Å². The number of urea groups is 1. The monoisotopic (exact) mass is 369 g/mol. The molecular weight excluding hydrogens is 342 g/mol. The molecular formula is C21H27N3O3. The first-order valence-electron chi connectivity index (χ1n) is 10.1. The van der Waals surface area contributed by atoms with Crippen LogP contribution in [0, 0.1) is 0 Å². The molecule has 144 valence electrons. The Morgan fingerprint density at radius 1 is 1.22 bits per heavy atom. The van der Waals surface area contributed by atoms with Crippen LogP contribution in [0.25, 0.3) is 0 Å². The summed E-state index contributed by atoms with van der Waals surface area (Å²) < 4.78 is 0. The summed E-state index contributed by atoms with van der Waals surface area (Å²) in [4.78, 5) is 41.8. The van der Waals surface area contributed by atoms with Crippen molar-refractivity contribution in [2.24, 2.45) is 0 Å². The Balaban J connectivity index is 1.57. The fourth-order valence-electron chi connectivity index (χ4n) is 4.93. The Morgan fingerprint density at radius 3 is 2.85 bits per heavy atom. The molecule has 3 aliphatic rings. The van der Waals surface area contributed by atoms with Crippen LogP contribution in [0.4, 0.5) is 4.79 Å². The Hall–Kier alpha value is -2.37. The molecule has 2 saturated heterocycles. The molecule has 2 fully saturated rings. The van der Waals surface area contributed by atoms with Gasteiger partial charge in [0.2, 0.25) is 5.91 Å². The van der Waals surface area contributed by atoms with Crippen LogP contribution in [0.5, 0.6) is 0 Å². The van der Waals surface area contributed by atoms with Crippen LogP contribution in [0.15, 0.2) is 24.3 Å². The number of amides is 4. The van der Waals surface area contributed by atoms with Crippen molar-refractivity contribution in [3.05, 3.63) is 35.4 Å². The molecule has 4 amide bonds. The van der Waals surface area contributed by atoms with E-state index in [9.17, 15) is 14.4 Å². The highest BCUT2D eigenvalue weighted by Gasteiger charge is 2.54. The minimum absolute atomic E-state index is 0.119. The van der Waals surface area contributed by atoms with Gasteiger partial charge >= 0.3 is 6.03 Å². The van der Waals surface area contributed by atoms with Gasteiger partial charge in [-0.1, -0.05) is 31.2 Å². The Labute approximate surface area is 159 Å². The van der Waals surface area contributed by atoms with E-state index in [2.05, 4.69) is 12.2 Å². The lowest BCUT2D eigenvalue weighted by Gasteiger charge is -2.36. The number of nitrogens with one attached hydrogen (secondary N) is 1. The summed E-state index contributed by atoms with van der Waals surface area (Å²) in [5.41, 5.74) is 0.986. The zero-order valence-corrected chi connectivity index (χ0v) is 15.9. The number of hydrogen-bond acceptors (Lipinski definition) is 3. The van der Waals surface area contributed by atoms with E-state index >= 15 is 0 Å². The highest BCUT2D eigenvalue weighted by molar-refractivity contribution is 6.09. The number of imide groups is 1. The molecule has 1 aromatic rings. The minimum Gasteiger partial charge on any atom is -0.338 e. The average Bonchev–Trinajstić information content (AvgIpc) is 2.93. The van der Waals surface area contributed by atoms with Gasteiger partial charge in [-0.3, -0.25) is 14.5 Å². The van der Waals surface area contributed by atoms with E-state index in [1.807, 2.05) is 29.2 Å². The van der Waals surface area contributed by atoms with Crippen molar-refractivity contribution in [2.75, 3.05) is 13.1 Å². The van der Waals surface area contributed by atoms with Crippen LogP contribution in [-0.2, 0) is 21.5 Å². The molecule has 2 aliphatic heterocycles. The van der Waals surface area contributed by atoms with Crippen molar-refractivity contribution in [3.8, 4) is 0 Å². The summed E-state index contributed by atoms with van der Waals surface area (Å²) in [6.07, 6.45) is 6.36. The number of carbonyl (C=O) groups is 3. The molecule has 1 aliphatic carbocycles. The zero-order chi connectivity index (χ0) is 19.0. The maximum absolute atomic E-state index is 13.3. The van der Waals surface area contributed by atoms with Crippen LogP contribution < -0.4 is 5.32 Å². The van der Waals surface area contributed by atoms with Crippen LogP contribution in [0.1, 0.15) is 56.6 Å². The van der Waals surface area contributed by atoms with Gasteiger partial charge in [-0.2, -0.15) is 0 Å². The molecule has 1 N–H and O–H groups in total. The summed E-state index contributed by atoms with van der Waals surface area (Å²) in [6, 6.07) is 7.57. The molecule has 2 heterocycles. The number of rotatable bonds is 3. The maximum Gasteiger partial charge on any atom is 0.325 e. The van der Waals surface area contributed by atoms with Crippen molar-refractivity contribution in [2.45, 2.75) is 63.5 Å². The van der Waals surface area contributed by atoms with Crippen LogP contribution in [0.2, 0.25) is 0 Å². The largest absolute Gasteiger partial charge is 0.338 e.